The number of piperidine rings is 1. The highest BCUT2D eigenvalue weighted by atomic mass is 35.5. The number of amides is 1. The molecule has 3 rings (SSSR count). The van der Waals surface area contributed by atoms with Gasteiger partial charge in [-0.25, -0.2) is 8.42 Å². The van der Waals surface area contributed by atoms with Gasteiger partial charge in [-0.05, 0) is 50.1 Å². The monoisotopic (exact) mass is 408 g/mol. The first-order chi connectivity index (χ1) is 12.5. The first kappa shape index (κ1) is 21.4. The molecule has 0 saturated carbocycles. The van der Waals surface area contributed by atoms with E-state index in [0.717, 1.165) is 19.4 Å². The maximum atomic E-state index is 12.8. The normalized spacial score (nSPS) is 19.7. The molecule has 0 spiro atoms. The number of hydrogen-bond acceptors (Lipinski definition) is 4. The predicted octanol–water partition coefficient (Wildman–Crippen LogP) is 2.95. The van der Waals surface area contributed by atoms with Crippen LogP contribution in [0.2, 0.25) is 0 Å². The summed E-state index contributed by atoms with van der Waals surface area (Å²) in [7, 11) is -3.51. The van der Waals surface area contributed by atoms with Gasteiger partial charge in [-0.2, -0.15) is 0 Å². The smallest absolute Gasteiger partial charge is 0.251 e. The molecule has 1 heterocycles. The summed E-state index contributed by atoms with van der Waals surface area (Å²) in [6, 6.07) is 15.5. The molecule has 1 saturated heterocycles. The summed E-state index contributed by atoms with van der Waals surface area (Å²) < 4.78 is 25.4. The largest absolute Gasteiger partial charge is 0.348 e. The fraction of sp³-hybridized carbons (Fsp3) is 0.350. The maximum Gasteiger partial charge on any atom is 0.251 e. The summed E-state index contributed by atoms with van der Waals surface area (Å²) in [5.41, 5.74) is 0.940. The molecule has 2 aromatic carbocycles. The van der Waals surface area contributed by atoms with Crippen LogP contribution in [-0.4, -0.2) is 33.0 Å². The number of sulfone groups is 1. The summed E-state index contributed by atoms with van der Waals surface area (Å²) in [5, 5.41) is 6.41. The zero-order valence-corrected chi connectivity index (χ0v) is 16.9. The molecule has 7 heteroatoms. The Hall–Kier alpha value is -1.89. The van der Waals surface area contributed by atoms with Gasteiger partial charge in [0, 0.05) is 17.6 Å². The Bertz CT molecular complexity index is 872. The first-order valence-corrected chi connectivity index (χ1v) is 10.5. The van der Waals surface area contributed by atoms with Crippen LogP contribution in [0, 0.1) is 0 Å². The van der Waals surface area contributed by atoms with Crippen molar-refractivity contribution >= 4 is 28.2 Å². The molecular formula is C20H25ClN2O3S. The van der Waals surface area contributed by atoms with Gasteiger partial charge in [0.2, 0.25) is 0 Å². The van der Waals surface area contributed by atoms with Crippen LogP contribution in [0.3, 0.4) is 0 Å². The maximum absolute atomic E-state index is 12.8. The second-order valence-electron chi connectivity index (χ2n) is 6.69. The molecule has 1 aliphatic heterocycles. The van der Waals surface area contributed by atoms with E-state index < -0.39 is 9.84 Å². The van der Waals surface area contributed by atoms with Crippen LogP contribution < -0.4 is 10.6 Å². The summed E-state index contributed by atoms with van der Waals surface area (Å²) in [6.07, 6.45) is 1.93. The Morgan fingerprint density at radius 1 is 1.11 bits per heavy atom. The van der Waals surface area contributed by atoms with Gasteiger partial charge in [-0.15, -0.1) is 12.4 Å². The fourth-order valence-corrected chi connectivity index (χ4v) is 4.67. The van der Waals surface area contributed by atoms with Crippen molar-refractivity contribution in [1.29, 1.82) is 0 Å². The molecule has 0 aliphatic carbocycles. The van der Waals surface area contributed by atoms with Crippen molar-refractivity contribution in [3.8, 4) is 0 Å². The minimum absolute atomic E-state index is 0. The molecular weight excluding hydrogens is 384 g/mol. The van der Waals surface area contributed by atoms with Crippen molar-refractivity contribution < 1.29 is 13.2 Å². The lowest BCUT2D eigenvalue weighted by atomic mass is 9.99. The quantitative estimate of drug-likeness (QED) is 0.797. The number of benzene rings is 2. The van der Waals surface area contributed by atoms with Gasteiger partial charge in [-0.1, -0.05) is 36.4 Å². The minimum Gasteiger partial charge on any atom is -0.348 e. The molecule has 2 N–H and O–H groups in total. The molecule has 27 heavy (non-hydrogen) atoms. The van der Waals surface area contributed by atoms with Crippen LogP contribution in [0.5, 0.6) is 0 Å². The predicted molar refractivity (Wildman–Crippen MR) is 109 cm³/mol. The van der Waals surface area contributed by atoms with Crippen LogP contribution in [0.4, 0.5) is 0 Å². The van der Waals surface area contributed by atoms with E-state index in [4.69, 9.17) is 0 Å². The molecule has 2 unspecified atom stereocenters. The third kappa shape index (κ3) is 5.31. The molecule has 0 radical (unpaired) electrons. The standard InChI is InChI=1S/C20H24N2O3S.ClH/c1-15-19(12-7-13-21-15)22-20(23)18-11-6-5-8-16(18)14-26(24,25)17-9-3-2-4-10-17;/h2-6,8-11,15,19,21H,7,12-14H2,1H3,(H,22,23);1H. The Morgan fingerprint density at radius 2 is 1.78 bits per heavy atom. The van der Waals surface area contributed by atoms with Crippen molar-refractivity contribution in [3.05, 3.63) is 65.7 Å². The third-order valence-corrected chi connectivity index (χ3v) is 6.47. The molecule has 0 bridgehead atoms. The number of rotatable bonds is 5. The second-order valence-corrected chi connectivity index (χ2v) is 8.68. The Balaban J connectivity index is 0.00000261. The van der Waals surface area contributed by atoms with Gasteiger partial charge in [0.25, 0.3) is 5.91 Å². The lowest BCUT2D eigenvalue weighted by Gasteiger charge is -2.30. The topological polar surface area (TPSA) is 75.3 Å². The SMILES string of the molecule is CC1NCCCC1NC(=O)c1ccccc1CS(=O)(=O)c1ccccc1.Cl. The van der Waals surface area contributed by atoms with E-state index in [9.17, 15) is 13.2 Å². The molecule has 2 aromatic rings. The average Bonchev–Trinajstić information content (AvgIpc) is 2.64. The average molecular weight is 409 g/mol. The van der Waals surface area contributed by atoms with Gasteiger partial charge in [-0.3, -0.25) is 4.79 Å². The second kappa shape index (κ2) is 9.35. The van der Waals surface area contributed by atoms with Crippen LogP contribution in [-0.2, 0) is 15.6 Å². The molecule has 146 valence electrons. The molecule has 2 atom stereocenters. The zero-order valence-electron chi connectivity index (χ0n) is 15.2. The van der Waals surface area contributed by atoms with Crippen LogP contribution in [0.15, 0.2) is 59.5 Å². The van der Waals surface area contributed by atoms with Crippen molar-refractivity contribution in [2.24, 2.45) is 0 Å². The Morgan fingerprint density at radius 3 is 2.48 bits per heavy atom. The number of halogens is 1. The van der Waals surface area contributed by atoms with E-state index in [1.807, 2.05) is 0 Å². The molecule has 1 fully saturated rings. The lowest BCUT2D eigenvalue weighted by Crippen LogP contribution is -2.52. The fourth-order valence-electron chi connectivity index (χ4n) is 3.27. The minimum atomic E-state index is -3.51. The Labute approximate surface area is 166 Å². The highest BCUT2D eigenvalue weighted by molar-refractivity contribution is 7.90. The van der Waals surface area contributed by atoms with Crippen LogP contribution >= 0.6 is 12.4 Å². The van der Waals surface area contributed by atoms with Crippen LogP contribution in [0.25, 0.3) is 0 Å². The van der Waals surface area contributed by atoms with Crippen molar-refractivity contribution in [1.82, 2.24) is 10.6 Å². The summed E-state index contributed by atoms with van der Waals surface area (Å²) in [6.45, 7) is 3.01. The van der Waals surface area contributed by atoms with Crippen LogP contribution in [0.1, 0.15) is 35.7 Å². The van der Waals surface area contributed by atoms with E-state index >= 15 is 0 Å². The van der Waals surface area contributed by atoms with Gasteiger partial charge in [0.1, 0.15) is 0 Å². The molecule has 1 aliphatic rings. The lowest BCUT2D eigenvalue weighted by molar-refractivity contribution is 0.0919. The summed E-state index contributed by atoms with van der Waals surface area (Å²) in [4.78, 5) is 13.0. The molecule has 5 nitrogen and oxygen atoms in total. The summed E-state index contributed by atoms with van der Waals surface area (Å²) >= 11 is 0. The number of carbonyl (C=O) groups excluding carboxylic acids is 1. The molecule has 1 amide bonds. The molecule has 0 aromatic heterocycles. The highest BCUT2D eigenvalue weighted by Crippen LogP contribution is 2.19. The van der Waals surface area contributed by atoms with E-state index in [0.29, 0.717) is 11.1 Å². The number of hydrogen-bond donors (Lipinski definition) is 2. The van der Waals surface area contributed by atoms with E-state index in [2.05, 4.69) is 17.6 Å². The Kier molecular flexibility index (Phi) is 7.41. The van der Waals surface area contributed by atoms with Gasteiger partial charge in [0.15, 0.2) is 9.84 Å². The highest BCUT2D eigenvalue weighted by Gasteiger charge is 2.25. The number of carbonyl (C=O) groups is 1. The van der Waals surface area contributed by atoms with Gasteiger partial charge in [0.05, 0.1) is 10.6 Å². The third-order valence-electron chi connectivity index (χ3n) is 4.79. The van der Waals surface area contributed by atoms with E-state index in [1.54, 1.807) is 54.6 Å². The van der Waals surface area contributed by atoms with Gasteiger partial charge < -0.3 is 10.6 Å². The van der Waals surface area contributed by atoms with Crippen molar-refractivity contribution in [2.75, 3.05) is 6.54 Å². The van der Waals surface area contributed by atoms with Crippen molar-refractivity contribution in [3.63, 3.8) is 0 Å². The van der Waals surface area contributed by atoms with Gasteiger partial charge >= 0.3 is 0 Å². The van der Waals surface area contributed by atoms with Crippen molar-refractivity contribution in [2.45, 2.75) is 42.5 Å². The zero-order chi connectivity index (χ0) is 18.6. The summed E-state index contributed by atoms with van der Waals surface area (Å²) in [5.74, 6) is -0.413. The van der Waals surface area contributed by atoms with E-state index in [1.165, 1.54) is 0 Å². The van der Waals surface area contributed by atoms with E-state index in [-0.39, 0.29) is 41.0 Å². The first-order valence-electron chi connectivity index (χ1n) is 8.87. The number of nitrogens with one attached hydrogen (secondary N) is 2.